The minimum Gasteiger partial charge on any atom is -0.497 e. The molecule has 3 atom stereocenters. The third kappa shape index (κ3) is 2.26. The molecule has 0 saturated carbocycles. The Kier molecular flexibility index (Phi) is 4.23. The minimum atomic E-state index is -1.33. The monoisotopic (exact) mass is 384 g/mol. The van der Waals surface area contributed by atoms with Gasteiger partial charge in [0.2, 0.25) is 5.72 Å². The number of benzene rings is 2. The summed E-state index contributed by atoms with van der Waals surface area (Å²) in [5, 5.41) is 3.63. The molecule has 2 aromatic rings. The molecular weight excluding hydrogens is 368 g/mol. The van der Waals surface area contributed by atoms with E-state index < -0.39 is 16.5 Å². The molecule has 27 heavy (non-hydrogen) atoms. The van der Waals surface area contributed by atoms with Crippen molar-refractivity contribution in [2.45, 2.75) is 10.6 Å². The maximum atomic E-state index is 13.2. The van der Waals surface area contributed by atoms with E-state index in [1.165, 1.54) is 0 Å². The summed E-state index contributed by atoms with van der Waals surface area (Å²) < 4.78 is 11.4. The lowest BCUT2D eigenvalue weighted by atomic mass is 9.72. The van der Waals surface area contributed by atoms with Crippen molar-refractivity contribution in [1.29, 1.82) is 0 Å². The summed E-state index contributed by atoms with van der Waals surface area (Å²) in [6, 6.07) is 16.6. The van der Waals surface area contributed by atoms with Gasteiger partial charge in [0.05, 0.1) is 13.7 Å². The van der Waals surface area contributed by atoms with Gasteiger partial charge in [-0.05, 0) is 29.8 Å². The molecule has 138 valence electrons. The molecule has 8 heteroatoms. The van der Waals surface area contributed by atoms with Crippen LogP contribution in [0.15, 0.2) is 59.7 Å². The van der Waals surface area contributed by atoms with Crippen LogP contribution in [0.2, 0.25) is 0 Å². The molecule has 0 bridgehead atoms. The second-order valence-corrected chi connectivity index (χ2v) is 7.08. The molecular formula is C19H17ClN4O3. The Morgan fingerprint density at radius 1 is 1.30 bits per heavy atom. The first-order chi connectivity index (χ1) is 13.1. The van der Waals surface area contributed by atoms with Gasteiger partial charge in [0.25, 0.3) is 5.91 Å². The Balaban J connectivity index is 1.83. The van der Waals surface area contributed by atoms with Crippen molar-refractivity contribution >= 4 is 23.2 Å². The quantitative estimate of drug-likeness (QED) is 0.258. The first-order valence-corrected chi connectivity index (χ1v) is 8.85. The van der Waals surface area contributed by atoms with Gasteiger partial charge in [-0.2, -0.15) is 0 Å². The SMILES string of the molecule is COc1ccc(N2C(=O)[C@@]3(Cl)[C@@H](CN=[N+]=[N-])CO[C@@]23c2ccccc2)cc1. The summed E-state index contributed by atoms with van der Waals surface area (Å²) in [6.45, 7) is 0.312. The Hall–Kier alpha value is -2.73. The smallest absolute Gasteiger partial charge is 0.256 e. The number of carbonyl (C=O) groups is 1. The number of anilines is 1. The molecule has 0 aromatic heterocycles. The van der Waals surface area contributed by atoms with Crippen molar-refractivity contribution in [3.63, 3.8) is 0 Å². The summed E-state index contributed by atoms with van der Waals surface area (Å²) in [5.41, 5.74) is 8.95. The molecule has 0 spiro atoms. The van der Waals surface area contributed by atoms with Crippen molar-refractivity contribution in [2.24, 2.45) is 11.0 Å². The van der Waals surface area contributed by atoms with Crippen molar-refractivity contribution in [2.75, 3.05) is 25.2 Å². The van der Waals surface area contributed by atoms with E-state index in [9.17, 15) is 4.79 Å². The fourth-order valence-electron chi connectivity index (χ4n) is 3.95. The molecule has 0 radical (unpaired) electrons. The highest BCUT2D eigenvalue weighted by Crippen LogP contribution is 2.63. The fraction of sp³-hybridized carbons (Fsp3) is 0.316. The first-order valence-electron chi connectivity index (χ1n) is 8.47. The van der Waals surface area contributed by atoms with Crippen LogP contribution in [0.3, 0.4) is 0 Å². The lowest BCUT2D eigenvalue weighted by Crippen LogP contribution is -2.78. The van der Waals surface area contributed by atoms with Crippen LogP contribution in [0, 0.1) is 5.92 Å². The van der Waals surface area contributed by atoms with E-state index in [1.807, 2.05) is 30.3 Å². The first kappa shape index (κ1) is 17.7. The standard InChI is InChI=1S/C19H17ClN4O3/c1-26-16-9-7-15(8-10-16)24-17(25)18(20)14(11-22-23-21)12-27-19(18,24)13-5-3-2-4-6-13/h2-10,14H,11-12H2,1H3/t14-,18-,19+/m0/s1. The normalized spacial score (nSPS) is 28.9. The summed E-state index contributed by atoms with van der Waals surface area (Å²) in [4.78, 5) is 16.3. The lowest BCUT2D eigenvalue weighted by molar-refractivity contribution is -0.149. The summed E-state index contributed by atoms with van der Waals surface area (Å²) >= 11 is 6.93. The van der Waals surface area contributed by atoms with Crippen molar-refractivity contribution in [1.82, 2.24) is 0 Å². The van der Waals surface area contributed by atoms with Gasteiger partial charge < -0.3 is 9.47 Å². The molecule has 2 saturated heterocycles. The minimum absolute atomic E-state index is 0.0940. The second-order valence-electron chi connectivity index (χ2n) is 6.48. The van der Waals surface area contributed by atoms with Gasteiger partial charge in [-0.25, -0.2) is 0 Å². The summed E-state index contributed by atoms with van der Waals surface area (Å²) in [7, 11) is 1.58. The Bertz CT molecular complexity index is 916. The van der Waals surface area contributed by atoms with Crippen LogP contribution in [-0.2, 0) is 15.3 Å². The number of hydrogen-bond acceptors (Lipinski definition) is 4. The molecule has 0 unspecified atom stereocenters. The zero-order valence-corrected chi connectivity index (χ0v) is 15.3. The second kappa shape index (κ2) is 6.46. The van der Waals surface area contributed by atoms with Gasteiger partial charge in [-0.15, -0.1) is 11.6 Å². The average molecular weight is 385 g/mol. The summed E-state index contributed by atoms with van der Waals surface area (Å²) in [6.07, 6.45) is 0. The van der Waals surface area contributed by atoms with E-state index in [0.29, 0.717) is 11.4 Å². The predicted molar refractivity (Wildman–Crippen MR) is 101 cm³/mol. The van der Waals surface area contributed by atoms with Gasteiger partial charge in [0.15, 0.2) is 4.87 Å². The third-order valence-electron chi connectivity index (χ3n) is 5.24. The molecule has 0 aliphatic carbocycles. The van der Waals surface area contributed by atoms with Gasteiger partial charge in [-0.1, -0.05) is 35.4 Å². The molecule has 7 nitrogen and oxygen atoms in total. The number of alkyl halides is 1. The highest BCUT2D eigenvalue weighted by Gasteiger charge is 2.79. The Morgan fingerprint density at radius 3 is 2.63 bits per heavy atom. The van der Waals surface area contributed by atoms with Crippen LogP contribution in [0.25, 0.3) is 10.4 Å². The number of ether oxygens (including phenoxy) is 2. The van der Waals surface area contributed by atoms with Crippen LogP contribution in [-0.4, -0.2) is 31.0 Å². The van der Waals surface area contributed by atoms with Crippen LogP contribution in [0.4, 0.5) is 5.69 Å². The van der Waals surface area contributed by atoms with Gasteiger partial charge in [0, 0.05) is 28.6 Å². The van der Waals surface area contributed by atoms with Crippen LogP contribution in [0.5, 0.6) is 5.75 Å². The molecule has 2 aliphatic heterocycles. The van der Waals surface area contributed by atoms with Crippen molar-refractivity contribution < 1.29 is 14.3 Å². The number of β-lactam (4-membered cyclic amide) rings is 1. The molecule has 4 rings (SSSR count). The van der Waals surface area contributed by atoms with E-state index in [-0.39, 0.29) is 19.1 Å². The van der Waals surface area contributed by atoms with Crippen LogP contribution >= 0.6 is 11.6 Å². The van der Waals surface area contributed by atoms with Gasteiger partial charge in [-0.3, -0.25) is 9.69 Å². The number of carbonyl (C=O) groups excluding carboxylic acids is 1. The van der Waals surface area contributed by atoms with E-state index in [4.69, 9.17) is 26.6 Å². The van der Waals surface area contributed by atoms with Gasteiger partial charge >= 0.3 is 0 Å². The van der Waals surface area contributed by atoms with Crippen LogP contribution < -0.4 is 9.64 Å². The number of rotatable bonds is 5. The highest BCUT2D eigenvalue weighted by molar-refractivity contribution is 6.42. The van der Waals surface area contributed by atoms with Crippen molar-refractivity contribution in [3.8, 4) is 5.75 Å². The number of amides is 1. The highest BCUT2D eigenvalue weighted by atomic mass is 35.5. The number of fused-ring (bicyclic) bond motifs is 1. The van der Waals surface area contributed by atoms with E-state index >= 15 is 0 Å². The zero-order chi connectivity index (χ0) is 19.1. The Morgan fingerprint density at radius 2 is 2.00 bits per heavy atom. The van der Waals surface area contributed by atoms with Crippen LogP contribution in [0.1, 0.15) is 5.56 Å². The van der Waals surface area contributed by atoms with E-state index in [0.717, 1.165) is 5.56 Å². The number of methoxy groups -OCH3 is 1. The molecule has 2 heterocycles. The number of halogens is 1. The molecule has 2 aliphatic rings. The van der Waals surface area contributed by atoms with Gasteiger partial charge in [0.1, 0.15) is 5.75 Å². The third-order valence-corrected chi connectivity index (χ3v) is 5.97. The molecule has 1 amide bonds. The maximum Gasteiger partial charge on any atom is 0.256 e. The topological polar surface area (TPSA) is 87.5 Å². The van der Waals surface area contributed by atoms with Crippen molar-refractivity contribution in [3.05, 3.63) is 70.6 Å². The predicted octanol–water partition coefficient (Wildman–Crippen LogP) is 3.83. The molecule has 2 aromatic carbocycles. The van der Waals surface area contributed by atoms with E-state index in [2.05, 4.69) is 10.0 Å². The fourth-order valence-corrected chi connectivity index (χ4v) is 4.41. The molecule has 0 N–H and O–H groups in total. The largest absolute Gasteiger partial charge is 0.497 e. The summed E-state index contributed by atoms with van der Waals surface area (Å²) in [5.74, 6) is -0.00251. The van der Waals surface area contributed by atoms with E-state index in [1.54, 1.807) is 36.3 Å². The number of azide groups is 1. The number of hydrogen-bond donors (Lipinski definition) is 0. The zero-order valence-electron chi connectivity index (χ0n) is 14.6. The average Bonchev–Trinajstić information content (AvgIpc) is 2.97. The maximum absolute atomic E-state index is 13.2. The lowest BCUT2D eigenvalue weighted by Gasteiger charge is -2.58. The number of nitrogens with zero attached hydrogens (tertiary/aromatic N) is 4. The Labute approximate surface area is 161 Å². The molecule has 2 fully saturated rings.